The van der Waals surface area contributed by atoms with Gasteiger partial charge in [-0.15, -0.1) is 0 Å². The lowest BCUT2D eigenvalue weighted by atomic mass is 9.99. The zero-order valence-electron chi connectivity index (χ0n) is 11.5. The number of halogens is 1. The van der Waals surface area contributed by atoms with Gasteiger partial charge in [0.2, 0.25) is 0 Å². The van der Waals surface area contributed by atoms with Crippen LogP contribution in [0.1, 0.15) is 5.56 Å². The van der Waals surface area contributed by atoms with Crippen LogP contribution in [0.4, 0.5) is 0 Å². The van der Waals surface area contributed by atoms with Crippen LogP contribution in [0.5, 0.6) is 5.75 Å². The van der Waals surface area contributed by atoms with Crippen LogP contribution in [0.25, 0.3) is 22.4 Å². The molecule has 3 aromatic rings. The smallest absolute Gasteiger partial charge is 0.116 e. The molecule has 0 amide bonds. The van der Waals surface area contributed by atoms with Crippen molar-refractivity contribution < 1.29 is 5.11 Å². The van der Waals surface area contributed by atoms with Crippen LogP contribution in [0, 0.1) is 6.92 Å². The Kier molecular flexibility index (Phi) is 3.63. The number of aromatic hydroxyl groups is 1. The second-order valence-electron chi connectivity index (χ2n) is 4.91. The van der Waals surface area contributed by atoms with Gasteiger partial charge in [-0.25, -0.2) is 0 Å². The van der Waals surface area contributed by atoms with Crippen molar-refractivity contribution in [1.29, 1.82) is 0 Å². The molecule has 0 spiro atoms. The molecule has 3 heteroatoms. The third kappa shape index (κ3) is 2.76. The number of phenolic OH excluding ortho intramolecular Hbond substituents is 1. The standard InChI is InChI=1S/C18H14ClNO/c1-12-11-20-18(13-5-4-6-14(21)9-13)10-16(12)15-7-2-3-8-17(15)19/h2-11,21H,1H3. The van der Waals surface area contributed by atoms with Gasteiger partial charge < -0.3 is 5.11 Å². The number of aromatic nitrogens is 1. The fourth-order valence-electron chi connectivity index (χ4n) is 2.32. The molecular formula is C18H14ClNO. The molecule has 104 valence electrons. The second kappa shape index (κ2) is 5.58. The molecule has 2 aromatic carbocycles. The third-order valence-corrected chi connectivity index (χ3v) is 3.74. The average Bonchev–Trinajstić information content (AvgIpc) is 2.49. The highest BCUT2D eigenvalue weighted by atomic mass is 35.5. The minimum absolute atomic E-state index is 0.231. The van der Waals surface area contributed by atoms with Crippen LogP contribution >= 0.6 is 11.6 Å². The number of nitrogens with zero attached hydrogens (tertiary/aromatic N) is 1. The summed E-state index contributed by atoms with van der Waals surface area (Å²) in [6.07, 6.45) is 1.83. The molecule has 21 heavy (non-hydrogen) atoms. The van der Waals surface area contributed by atoms with Crippen LogP contribution in [-0.2, 0) is 0 Å². The Morgan fingerprint density at radius 1 is 0.952 bits per heavy atom. The van der Waals surface area contributed by atoms with Crippen LogP contribution < -0.4 is 0 Å². The van der Waals surface area contributed by atoms with Gasteiger partial charge >= 0.3 is 0 Å². The molecule has 2 nitrogen and oxygen atoms in total. The first-order chi connectivity index (χ1) is 10.1. The summed E-state index contributed by atoms with van der Waals surface area (Å²) in [4.78, 5) is 4.45. The predicted octanol–water partition coefficient (Wildman–Crippen LogP) is 5.08. The average molecular weight is 296 g/mol. The van der Waals surface area contributed by atoms with Gasteiger partial charge in [-0.3, -0.25) is 4.98 Å². The highest BCUT2D eigenvalue weighted by Crippen LogP contribution is 2.32. The van der Waals surface area contributed by atoms with Crippen molar-refractivity contribution in [2.45, 2.75) is 6.92 Å². The van der Waals surface area contributed by atoms with E-state index in [1.807, 2.05) is 49.5 Å². The molecular weight excluding hydrogens is 282 g/mol. The molecule has 0 bridgehead atoms. The van der Waals surface area contributed by atoms with E-state index in [1.165, 1.54) is 0 Å². The van der Waals surface area contributed by atoms with E-state index in [1.54, 1.807) is 18.2 Å². The van der Waals surface area contributed by atoms with Gasteiger partial charge in [0.25, 0.3) is 0 Å². The Morgan fingerprint density at radius 3 is 2.52 bits per heavy atom. The minimum atomic E-state index is 0.231. The third-order valence-electron chi connectivity index (χ3n) is 3.41. The number of hydrogen-bond acceptors (Lipinski definition) is 2. The van der Waals surface area contributed by atoms with Crippen LogP contribution in [0.3, 0.4) is 0 Å². The summed E-state index contributed by atoms with van der Waals surface area (Å²) in [5.41, 5.74) is 4.79. The fourth-order valence-corrected chi connectivity index (χ4v) is 2.55. The highest BCUT2D eigenvalue weighted by molar-refractivity contribution is 6.33. The molecule has 0 radical (unpaired) electrons. The molecule has 0 saturated carbocycles. The summed E-state index contributed by atoms with van der Waals surface area (Å²) in [6, 6.07) is 16.8. The Labute approximate surface area is 128 Å². The van der Waals surface area contributed by atoms with Gasteiger partial charge in [-0.1, -0.05) is 41.9 Å². The van der Waals surface area contributed by atoms with E-state index in [-0.39, 0.29) is 5.75 Å². The zero-order valence-corrected chi connectivity index (χ0v) is 12.3. The summed E-state index contributed by atoms with van der Waals surface area (Å²) in [7, 11) is 0. The summed E-state index contributed by atoms with van der Waals surface area (Å²) < 4.78 is 0. The van der Waals surface area contributed by atoms with E-state index in [9.17, 15) is 5.11 Å². The van der Waals surface area contributed by atoms with Crippen molar-refractivity contribution in [1.82, 2.24) is 4.98 Å². The van der Waals surface area contributed by atoms with Gasteiger partial charge in [-0.05, 0) is 42.3 Å². The Hall–Kier alpha value is -2.32. The van der Waals surface area contributed by atoms with Crippen molar-refractivity contribution in [3.05, 3.63) is 71.4 Å². The quantitative estimate of drug-likeness (QED) is 0.715. The molecule has 1 aromatic heterocycles. The van der Waals surface area contributed by atoms with Gasteiger partial charge in [-0.2, -0.15) is 0 Å². The first-order valence-corrected chi connectivity index (χ1v) is 7.04. The molecule has 0 atom stereocenters. The molecule has 0 aliphatic carbocycles. The molecule has 1 N–H and O–H groups in total. The number of pyridine rings is 1. The predicted molar refractivity (Wildman–Crippen MR) is 86.5 cm³/mol. The lowest BCUT2D eigenvalue weighted by molar-refractivity contribution is 0.475. The molecule has 0 unspecified atom stereocenters. The fraction of sp³-hybridized carbons (Fsp3) is 0.0556. The summed E-state index contributed by atoms with van der Waals surface area (Å²) in [6.45, 7) is 2.01. The van der Waals surface area contributed by atoms with Crippen molar-refractivity contribution >= 4 is 11.6 Å². The normalized spacial score (nSPS) is 10.6. The molecule has 0 aliphatic rings. The topological polar surface area (TPSA) is 33.1 Å². The minimum Gasteiger partial charge on any atom is -0.508 e. The maximum Gasteiger partial charge on any atom is 0.116 e. The van der Waals surface area contributed by atoms with Crippen LogP contribution in [0.15, 0.2) is 60.8 Å². The Bertz CT molecular complexity index is 799. The Morgan fingerprint density at radius 2 is 1.76 bits per heavy atom. The van der Waals surface area contributed by atoms with Crippen LogP contribution in [0.2, 0.25) is 5.02 Å². The molecule has 0 fully saturated rings. The largest absolute Gasteiger partial charge is 0.508 e. The van der Waals surface area contributed by atoms with E-state index in [0.29, 0.717) is 5.02 Å². The SMILES string of the molecule is Cc1cnc(-c2cccc(O)c2)cc1-c1ccccc1Cl. The monoisotopic (exact) mass is 295 g/mol. The van der Waals surface area contributed by atoms with Gasteiger partial charge in [0.1, 0.15) is 5.75 Å². The van der Waals surface area contributed by atoms with Crippen molar-refractivity contribution in [2.24, 2.45) is 0 Å². The number of benzene rings is 2. The van der Waals surface area contributed by atoms with E-state index in [2.05, 4.69) is 4.98 Å². The lowest BCUT2D eigenvalue weighted by Crippen LogP contribution is -1.90. The van der Waals surface area contributed by atoms with Gasteiger partial charge in [0.15, 0.2) is 0 Å². The van der Waals surface area contributed by atoms with Gasteiger partial charge in [0.05, 0.1) is 5.69 Å². The van der Waals surface area contributed by atoms with Gasteiger partial charge in [0, 0.05) is 22.3 Å². The summed E-state index contributed by atoms with van der Waals surface area (Å²) in [5.74, 6) is 0.231. The molecule has 1 heterocycles. The van der Waals surface area contributed by atoms with E-state index < -0.39 is 0 Å². The van der Waals surface area contributed by atoms with E-state index >= 15 is 0 Å². The zero-order chi connectivity index (χ0) is 14.8. The van der Waals surface area contributed by atoms with E-state index in [0.717, 1.165) is 27.9 Å². The van der Waals surface area contributed by atoms with Crippen molar-refractivity contribution in [3.8, 4) is 28.1 Å². The summed E-state index contributed by atoms with van der Waals surface area (Å²) >= 11 is 6.29. The maximum atomic E-state index is 9.61. The lowest BCUT2D eigenvalue weighted by Gasteiger charge is -2.10. The maximum absolute atomic E-state index is 9.61. The second-order valence-corrected chi connectivity index (χ2v) is 5.32. The molecule has 3 rings (SSSR count). The highest BCUT2D eigenvalue weighted by Gasteiger charge is 2.09. The van der Waals surface area contributed by atoms with E-state index in [4.69, 9.17) is 11.6 Å². The van der Waals surface area contributed by atoms with Crippen molar-refractivity contribution in [3.63, 3.8) is 0 Å². The molecule has 0 saturated heterocycles. The molecule has 0 aliphatic heterocycles. The first-order valence-electron chi connectivity index (χ1n) is 6.66. The number of rotatable bonds is 2. The Balaban J connectivity index is 2.15. The van der Waals surface area contributed by atoms with Crippen molar-refractivity contribution in [2.75, 3.05) is 0 Å². The number of phenols is 1. The van der Waals surface area contributed by atoms with Crippen LogP contribution in [-0.4, -0.2) is 10.1 Å². The first kappa shape index (κ1) is 13.7. The number of aryl methyl sites for hydroxylation is 1. The number of hydrogen-bond donors (Lipinski definition) is 1. The summed E-state index contributed by atoms with van der Waals surface area (Å²) in [5, 5.41) is 10.3.